The first kappa shape index (κ1) is 35.2. The molecule has 0 saturated carbocycles. The number of hydrogen-bond acceptors (Lipinski definition) is 5. The second-order valence-corrected chi connectivity index (χ2v) is 15.9. The van der Waals surface area contributed by atoms with E-state index < -0.39 is 0 Å². The molecule has 13 aromatic rings. The van der Waals surface area contributed by atoms with E-state index in [1.54, 1.807) is 0 Å². The Morgan fingerprint density at radius 1 is 0.302 bits per heavy atom. The van der Waals surface area contributed by atoms with Crippen molar-refractivity contribution in [2.45, 2.75) is 0 Å². The molecular weight excluding hydrogens is 773 g/mol. The minimum Gasteiger partial charge on any atom is -0.456 e. The van der Waals surface area contributed by atoms with Crippen LogP contribution in [0.2, 0.25) is 0 Å². The second-order valence-electron chi connectivity index (χ2n) is 15.9. The topological polar surface area (TPSA) is 69.9 Å². The largest absolute Gasteiger partial charge is 0.456 e. The molecule has 63 heavy (non-hydrogen) atoms. The van der Waals surface area contributed by atoms with E-state index in [4.69, 9.17) is 23.8 Å². The molecular formula is C57H34N4O2. The first-order valence-electron chi connectivity index (χ1n) is 21.1. The van der Waals surface area contributed by atoms with E-state index in [0.29, 0.717) is 17.5 Å². The summed E-state index contributed by atoms with van der Waals surface area (Å²) < 4.78 is 15.6. The molecule has 13 rings (SSSR count). The number of para-hydroxylation sites is 3. The van der Waals surface area contributed by atoms with Gasteiger partial charge < -0.3 is 13.4 Å². The van der Waals surface area contributed by atoms with Crippen LogP contribution in [0, 0.1) is 0 Å². The average Bonchev–Trinajstić information content (AvgIpc) is 4.03. The van der Waals surface area contributed by atoms with Crippen LogP contribution in [0.4, 0.5) is 0 Å². The molecule has 4 heterocycles. The Balaban J connectivity index is 1.02. The number of benzene rings is 9. The van der Waals surface area contributed by atoms with Crippen molar-refractivity contribution < 1.29 is 8.83 Å². The van der Waals surface area contributed by atoms with Gasteiger partial charge in [-0.2, -0.15) is 0 Å². The van der Waals surface area contributed by atoms with Crippen molar-refractivity contribution in [2.24, 2.45) is 0 Å². The summed E-state index contributed by atoms with van der Waals surface area (Å²) in [6.07, 6.45) is 0. The quantitative estimate of drug-likeness (QED) is 0.167. The van der Waals surface area contributed by atoms with Gasteiger partial charge in [0.1, 0.15) is 22.3 Å². The number of fused-ring (bicyclic) bond motifs is 9. The lowest BCUT2D eigenvalue weighted by molar-refractivity contribution is 0.668. The van der Waals surface area contributed by atoms with Gasteiger partial charge >= 0.3 is 0 Å². The van der Waals surface area contributed by atoms with Crippen LogP contribution < -0.4 is 0 Å². The molecule has 6 nitrogen and oxygen atoms in total. The van der Waals surface area contributed by atoms with E-state index >= 15 is 0 Å². The van der Waals surface area contributed by atoms with E-state index in [0.717, 1.165) is 99.5 Å². The van der Waals surface area contributed by atoms with Gasteiger partial charge in [0.15, 0.2) is 17.5 Å². The molecule has 6 heteroatoms. The Labute approximate surface area is 361 Å². The maximum Gasteiger partial charge on any atom is 0.164 e. The van der Waals surface area contributed by atoms with E-state index in [2.05, 4.69) is 174 Å². The molecule has 0 aliphatic heterocycles. The summed E-state index contributed by atoms with van der Waals surface area (Å²) in [5, 5.41) is 6.48. The lowest BCUT2D eigenvalue weighted by atomic mass is 9.96. The van der Waals surface area contributed by atoms with Crippen molar-refractivity contribution in [2.75, 3.05) is 0 Å². The summed E-state index contributed by atoms with van der Waals surface area (Å²) in [6, 6.07) is 71.4. The molecule has 0 aliphatic carbocycles. The molecule has 0 fully saturated rings. The Morgan fingerprint density at radius 3 is 1.59 bits per heavy atom. The van der Waals surface area contributed by atoms with E-state index in [1.807, 2.05) is 36.4 Å². The zero-order chi connectivity index (χ0) is 41.4. The summed E-state index contributed by atoms with van der Waals surface area (Å²) in [6.45, 7) is 0. The number of aromatic nitrogens is 4. The SMILES string of the molecule is c1ccc(-c2ccc(-c3nc(-c4cc(-c5ccccc5)c5c(c4)oc4ccccc45)nc(-c4cccc5oc6cc(-n7c8ccccc8c8ccccc87)ccc6c45)n3)cc2)cc1. The zero-order valence-electron chi connectivity index (χ0n) is 33.7. The predicted octanol–water partition coefficient (Wildman–Crippen LogP) is 15.1. The van der Waals surface area contributed by atoms with Crippen LogP contribution in [0.1, 0.15) is 0 Å². The Hall–Kier alpha value is -8.61. The normalized spacial score (nSPS) is 11.8. The van der Waals surface area contributed by atoms with Gasteiger partial charge in [0, 0.05) is 60.8 Å². The highest BCUT2D eigenvalue weighted by Crippen LogP contribution is 2.42. The fourth-order valence-corrected chi connectivity index (χ4v) is 9.37. The highest BCUT2D eigenvalue weighted by molar-refractivity contribution is 6.15. The first-order chi connectivity index (χ1) is 31.2. The number of furan rings is 2. The molecule has 9 aromatic carbocycles. The summed E-state index contributed by atoms with van der Waals surface area (Å²) >= 11 is 0. The molecule has 0 N–H and O–H groups in total. The fraction of sp³-hybridized carbons (Fsp3) is 0. The number of rotatable bonds is 6. The van der Waals surface area contributed by atoms with E-state index in [1.165, 1.54) is 10.8 Å². The van der Waals surface area contributed by atoms with Gasteiger partial charge in [-0.05, 0) is 70.8 Å². The average molecular weight is 807 g/mol. The van der Waals surface area contributed by atoms with Crippen LogP contribution in [-0.4, -0.2) is 19.5 Å². The van der Waals surface area contributed by atoms with Crippen molar-refractivity contribution in [1.82, 2.24) is 19.5 Å². The summed E-state index contributed by atoms with van der Waals surface area (Å²) in [7, 11) is 0. The molecule has 0 saturated heterocycles. The minimum atomic E-state index is 0.542. The molecule has 0 spiro atoms. The third-order valence-corrected chi connectivity index (χ3v) is 12.3. The molecule has 0 aliphatic rings. The molecule has 4 aromatic heterocycles. The van der Waals surface area contributed by atoms with Gasteiger partial charge in [-0.1, -0.05) is 152 Å². The van der Waals surface area contributed by atoms with Gasteiger partial charge in [-0.25, -0.2) is 15.0 Å². The van der Waals surface area contributed by atoms with Crippen molar-refractivity contribution in [3.8, 4) is 62.1 Å². The van der Waals surface area contributed by atoms with Gasteiger partial charge in [0.25, 0.3) is 0 Å². The lowest BCUT2D eigenvalue weighted by Crippen LogP contribution is -2.01. The summed E-state index contributed by atoms with van der Waals surface area (Å²) in [4.78, 5) is 15.8. The van der Waals surface area contributed by atoms with Gasteiger partial charge in [-0.15, -0.1) is 0 Å². The molecule has 0 bridgehead atoms. The molecule has 0 atom stereocenters. The van der Waals surface area contributed by atoms with Gasteiger partial charge in [0.05, 0.1) is 11.0 Å². The van der Waals surface area contributed by atoms with Gasteiger partial charge in [-0.3, -0.25) is 0 Å². The monoisotopic (exact) mass is 806 g/mol. The molecule has 0 unspecified atom stereocenters. The highest BCUT2D eigenvalue weighted by atomic mass is 16.3. The maximum absolute atomic E-state index is 6.71. The van der Waals surface area contributed by atoms with Crippen molar-refractivity contribution >= 4 is 65.7 Å². The second kappa shape index (κ2) is 14.0. The van der Waals surface area contributed by atoms with Gasteiger partial charge in [0.2, 0.25) is 0 Å². The zero-order valence-corrected chi connectivity index (χ0v) is 33.7. The van der Waals surface area contributed by atoms with Crippen LogP contribution >= 0.6 is 0 Å². The minimum absolute atomic E-state index is 0.542. The van der Waals surface area contributed by atoms with Crippen LogP contribution in [0.5, 0.6) is 0 Å². The Bertz CT molecular complexity index is 3850. The summed E-state index contributed by atoms with van der Waals surface area (Å²) in [5.74, 6) is 1.66. The molecule has 0 radical (unpaired) electrons. The predicted molar refractivity (Wildman–Crippen MR) is 256 cm³/mol. The third kappa shape index (κ3) is 5.69. The lowest BCUT2D eigenvalue weighted by Gasteiger charge is -2.12. The van der Waals surface area contributed by atoms with E-state index in [9.17, 15) is 0 Å². The van der Waals surface area contributed by atoms with Crippen molar-refractivity contribution in [1.29, 1.82) is 0 Å². The van der Waals surface area contributed by atoms with Crippen LogP contribution in [0.15, 0.2) is 215 Å². The van der Waals surface area contributed by atoms with Crippen LogP contribution in [0.3, 0.4) is 0 Å². The first-order valence-corrected chi connectivity index (χ1v) is 21.1. The highest BCUT2D eigenvalue weighted by Gasteiger charge is 2.22. The maximum atomic E-state index is 6.71. The van der Waals surface area contributed by atoms with Crippen molar-refractivity contribution in [3.63, 3.8) is 0 Å². The standard InChI is InChI=1S/C57H34N4O2/c1-3-14-35(15-4-1)36-26-28-38(29-27-36)55-58-56(39-32-46(37-16-5-2-6-17-37)54-43-20-9-12-24-49(43)62-52(54)33-39)60-57(59-55)45-21-13-25-50-53(45)44-31-30-40(34-51(44)63-50)61-47-22-10-7-18-41(47)42-19-8-11-23-48(42)61/h1-34H. The smallest absolute Gasteiger partial charge is 0.164 e. The summed E-state index contributed by atoms with van der Waals surface area (Å²) in [5.41, 5.74) is 13.4. The van der Waals surface area contributed by atoms with Crippen LogP contribution in [0.25, 0.3) is 128 Å². The number of nitrogens with zero attached hydrogens (tertiary/aromatic N) is 4. The third-order valence-electron chi connectivity index (χ3n) is 12.3. The number of hydrogen-bond donors (Lipinski definition) is 0. The Kier molecular flexibility index (Phi) is 7.80. The Morgan fingerprint density at radius 2 is 0.841 bits per heavy atom. The molecule has 0 amide bonds. The van der Waals surface area contributed by atoms with E-state index in [-0.39, 0.29) is 0 Å². The van der Waals surface area contributed by atoms with Crippen molar-refractivity contribution in [3.05, 3.63) is 206 Å². The molecule has 294 valence electrons. The fourth-order valence-electron chi connectivity index (χ4n) is 9.37. The van der Waals surface area contributed by atoms with Crippen LogP contribution in [-0.2, 0) is 0 Å².